The van der Waals surface area contributed by atoms with E-state index in [0.29, 0.717) is 18.7 Å². The first-order chi connectivity index (χ1) is 11.5. The highest BCUT2D eigenvalue weighted by Crippen LogP contribution is 2.13. The molecule has 2 aromatic rings. The average Bonchev–Trinajstić information content (AvgIpc) is 2.97. The summed E-state index contributed by atoms with van der Waals surface area (Å²) in [7, 11) is 3.37. The number of carbonyl (C=O) groups is 2. The molecule has 1 atom stereocenters. The van der Waals surface area contributed by atoms with E-state index in [1.54, 1.807) is 23.5 Å². The van der Waals surface area contributed by atoms with Crippen molar-refractivity contribution in [2.75, 3.05) is 20.7 Å². The van der Waals surface area contributed by atoms with Crippen LogP contribution in [0.15, 0.2) is 35.7 Å². The Morgan fingerprint density at radius 1 is 1.21 bits per heavy atom. The van der Waals surface area contributed by atoms with Crippen LogP contribution in [0.4, 0.5) is 0 Å². The second-order valence-electron chi connectivity index (χ2n) is 5.80. The lowest BCUT2D eigenvalue weighted by atomic mass is 10.1. The van der Waals surface area contributed by atoms with Crippen LogP contribution >= 0.6 is 11.3 Å². The Kier molecular flexibility index (Phi) is 6.52. The number of ether oxygens (including phenoxy) is 1. The van der Waals surface area contributed by atoms with Crippen molar-refractivity contribution in [3.05, 3.63) is 57.3 Å². The molecule has 0 bridgehead atoms. The molecule has 1 unspecified atom stereocenters. The van der Waals surface area contributed by atoms with Crippen molar-refractivity contribution in [1.82, 2.24) is 5.32 Å². The molecular weight excluding hydrogens is 324 g/mol. The van der Waals surface area contributed by atoms with Crippen molar-refractivity contribution >= 4 is 23.2 Å². The first kappa shape index (κ1) is 18.2. The summed E-state index contributed by atoms with van der Waals surface area (Å²) in [4.78, 5) is 25.9. The van der Waals surface area contributed by atoms with Crippen molar-refractivity contribution in [1.29, 1.82) is 0 Å². The number of rotatable bonds is 7. The predicted molar refractivity (Wildman–Crippen MR) is 94.1 cm³/mol. The highest BCUT2D eigenvalue weighted by Gasteiger charge is 2.12. The van der Waals surface area contributed by atoms with Gasteiger partial charge in [0.25, 0.3) is 5.91 Å². The minimum atomic E-state index is -0.361. The molecule has 0 aliphatic heterocycles. The molecule has 1 heterocycles. The van der Waals surface area contributed by atoms with E-state index >= 15 is 0 Å². The van der Waals surface area contributed by atoms with E-state index in [1.807, 2.05) is 19.2 Å². The fraction of sp³-hybridized carbons (Fsp3) is 0.333. The molecule has 0 saturated heterocycles. The van der Waals surface area contributed by atoms with Gasteiger partial charge in [0.1, 0.15) is 6.54 Å². The fourth-order valence-corrected chi connectivity index (χ4v) is 3.36. The molecule has 1 amide bonds. The van der Waals surface area contributed by atoms with Crippen molar-refractivity contribution < 1.29 is 19.2 Å². The number of nitrogens with one attached hydrogen (secondary N) is 2. The van der Waals surface area contributed by atoms with Crippen LogP contribution in [0.1, 0.15) is 26.4 Å². The van der Waals surface area contributed by atoms with E-state index in [4.69, 9.17) is 0 Å². The van der Waals surface area contributed by atoms with Crippen LogP contribution in [0.25, 0.3) is 0 Å². The summed E-state index contributed by atoms with van der Waals surface area (Å²) in [5.74, 6) is -0.349. The molecule has 0 saturated carbocycles. The average molecular weight is 347 g/mol. The minimum absolute atomic E-state index is 0.0127. The van der Waals surface area contributed by atoms with Crippen molar-refractivity contribution in [3.63, 3.8) is 0 Å². The number of aryl methyl sites for hydroxylation is 1. The highest BCUT2D eigenvalue weighted by molar-refractivity contribution is 7.10. The molecule has 0 aliphatic rings. The van der Waals surface area contributed by atoms with Crippen LogP contribution in [0.3, 0.4) is 0 Å². The standard InChI is InChI=1S/C18H22N2O3S/c1-13-8-9-24-16(13)11-20(2)12-17(21)19-10-14-4-6-15(7-5-14)18(22)23-3/h4-9H,10-12H2,1-3H3,(H,19,21)/p+1. The smallest absolute Gasteiger partial charge is 0.337 e. The number of quaternary nitrogens is 1. The lowest BCUT2D eigenvalue weighted by Crippen LogP contribution is -3.08. The Balaban J connectivity index is 1.78. The van der Waals surface area contributed by atoms with E-state index in [9.17, 15) is 9.59 Å². The fourth-order valence-electron chi connectivity index (χ4n) is 2.34. The van der Waals surface area contributed by atoms with E-state index < -0.39 is 0 Å². The number of hydrogen-bond donors (Lipinski definition) is 2. The molecule has 6 heteroatoms. The zero-order chi connectivity index (χ0) is 17.5. The second kappa shape index (κ2) is 8.61. The number of methoxy groups -OCH3 is 1. The van der Waals surface area contributed by atoms with Gasteiger partial charge >= 0.3 is 5.97 Å². The number of hydrogen-bond acceptors (Lipinski definition) is 4. The Hall–Kier alpha value is -2.18. The zero-order valence-electron chi connectivity index (χ0n) is 14.2. The third-order valence-corrected chi connectivity index (χ3v) is 4.78. The Labute approximate surface area is 146 Å². The molecule has 2 rings (SSSR count). The highest BCUT2D eigenvalue weighted by atomic mass is 32.1. The van der Waals surface area contributed by atoms with Crippen LogP contribution in [-0.2, 0) is 22.6 Å². The molecule has 5 nitrogen and oxygen atoms in total. The normalized spacial score (nSPS) is 11.8. The quantitative estimate of drug-likeness (QED) is 0.740. The maximum atomic E-state index is 12.1. The lowest BCUT2D eigenvalue weighted by Gasteiger charge is -2.13. The van der Waals surface area contributed by atoms with Crippen LogP contribution in [0.5, 0.6) is 0 Å². The summed E-state index contributed by atoms with van der Waals surface area (Å²) in [5, 5.41) is 4.99. The van der Waals surface area contributed by atoms with Gasteiger partial charge in [0, 0.05) is 6.54 Å². The van der Waals surface area contributed by atoms with Gasteiger partial charge in [0.05, 0.1) is 24.6 Å². The van der Waals surface area contributed by atoms with E-state index in [2.05, 4.69) is 28.4 Å². The molecule has 0 aliphatic carbocycles. The van der Waals surface area contributed by atoms with Crippen LogP contribution in [-0.4, -0.2) is 32.6 Å². The monoisotopic (exact) mass is 347 g/mol. The number of carbonyl (C=O) groups excluding carboxylic acids is 2. The Bertz CT molecular complexity index is 695. The van der Waals surface area contributed by atoms with Crippen LogP contribution in [0, 0.1) is 6.92 Å². The molecule has 2 N–H and O–H groups in total. The number of thiophene rings is 1. The summed E-state index contributed by atoms with van der Waals surface area (Å²) in [6.07, 6.45) is 0. The lowest BCUT2D eigenvalue weighted by molar-refractivity contribution is -0.885. The van der Waals surface area contributed by atoms with Gasteiger partial charge in [-0.3, -0.25) is 4.79 Å². The third kappa shape index (κ3) is 5.18. The third-order valence-electron chi connectivity index (χ3n) is 3.76. The summed E-state index contributed by atoms with van der Waals surface area (Å²) >= 11 is 1.73. The van der Waals surface area contributed by atoms with Gasteiger partial charge in [-0.15, -0.1) is 11.3 Å². The molecular formula is C18H23N2O3S+. The first-order valence-corrected chi connectivity index (χ1v) is 8.65. The number of likely N-dealkylation sites (N-methyl/N-ethyl adjacent to an activating group) is 1. The first-order valence-electron chi connectivity index (χ1n) is 7.78. The topological polar surface area (TPSA) is 59.8 Å². The Morgan fingerprint density at radius 3 is 2.50 bits per heavy atom. The summed E-state index contributed by atoms with van der Waals surface area (Å²) in [6, 6.07) is 9.14. The molecule has 1 aromatic heterocycles. The molecule has 0 fully saturated rings. The maximum absolute atomic E-state index is 12.1. The van der Waals surface area contributed by atoms with Crippen LogP contribution < -0.4 is 10.2 Å². The van der Waals surface area contributed by atoms with Gasteiger partial charge in [0.15, 0.2) is 6.54 Å². The van der Waals surface area contributed by atoms with E-state index in [-0.39, 0.29) is 11.9 Å². The Morgan fingerprint density at radius 2 is 1.92 bits per heavy atom. The van der Waals surface area contributed by atoms with Crippen molar-refractivity contribution in [2.24, 2.45) is 0 Å². The number of benzene rings is 1. The van der Waals surface area contributed by atoms with Gasteiger partial charge in [0.2, 0.25) is 0 Å². The molecule has 0 radical (unpaired) electrons. The predicted octanol–water partition coefficient (Wildman–Crippen LogP) is 1.17. The van der Waals surface area contributed by atoms with Gasteiger partial charge in [-0.1, -0.05) is 12.1 Å². The van der Waals surface area contributed by atoms with Crippen molar-refractivity contribution in [3.8, 4) is 0 Å². The molecule has 24 heavy (non-hydrogen) atoms. The maximum Gasteiger partial charge on any atom is 0.337 e. The zero-order valence-corrected chi connectivity index (χ0v) is 15.0. The molecule has 128 valence electrons. The van der Waals surface area contributed by atoms with Gasteiger partial charge in [-0.25, -0.2) is 4.79 Å². The van der Waals surface area contributed by atoms with E-state index in [1.165, 1.54) is 17.6 Å². The number of amides is 1. The second-order valence-corrected chi connectivity index (χ2v) is 6.80. The van der Waals surface area contributed by atoms with Gasteiger partial charge in [-0.05, 0) is 41.6 Å². The van der Waals surface area contributed by atoms with Crippen LogP contribution in [0.2, 0.25) is 0 Å². The summed E-state index contributed by atoms with van der Waals surface area (Å²) < 4.78 is 4.66. The van der Waals surface area contributed by atoms with Crippen molar-refractivity contribution in [2.45, 2.75) is 20.0 Å². The number of esters is 1. The SMILES string of the molecule is COC(=O)c1ccc(CNC(=O)C[NH+](C)Cc2sccc2C)cc1. The minimum Gasteiger partial charge on any atom is -0.465 e. The van der Waals surface area contributed by atoms with Gasteiger partial charge in [-0.2, -0.15) is 0 Å². The van der Waals surface area contributed by atoms with Gasteiger partial charge < -0.3 is 15.0 Å². The molecule has 1 aromatic carbocycles. The summed E-state index contributed by atoms with van der Waals surface area (Å²) in [5.41, 5.74) is 2.73. The molecule has 0 spiro atoms. The van der Waals surface area contributed by atoms with E-state index in [0.717, 1.165) is 17.0 Å². The largest absolute Gasteiger partial charge is 0.465 e. The summed E-state index contributed by atoms with van der Waals surface area (Å²) in [6.45, 7) is 3.82.